The molecule has 11 amide bonds. The molecule has 4 rings (SSSR count). The van der Waals surface area contributed by atoms with Crippen molar-refractivity contribution in [1.29, 1.82) is 0 Å². The topological polar surface area (TPSA) is 487 Å². The lowest BCUT2D eigenvalue weighted by Gasteiger charge is -2.29. The predicted octanol–water partition coefficient (Wildman–Crippen LogP) is -3.34. The van der Waals surface area contributed by atoms with Gasteiger partial charge in [0.15, 0.2) is 0 Å². The first-order chi connectivity index (χ1) is 40.9. The second-order valence-corrected chi connectivity index (χ2v) is 24.3. The summed E-state index contributed by atoms with van der Waals surface area (Å²) in [4.78, 5) is 179. The Morgan fingerprint density at radius 1 is 0.655 bits per heavy atom. The third kappa shape index (κ3) is 23.5. The Bertz CT molecular complexity index is 2810. The zero-order valence-electron chi connectivity index (χ0n) is 48.4. The van der Waals surface area contributed by atoms with Gasteiger partial charge in [0.25, 0.3) is 0 Å². The molecule has 2 heterocycles. The number of hydrogen-bond acceptors (Lipinski definition) is 19. The van der Waals surface area contributed by atoms with Crippen LogP contribution in [0.5, 0.6) is 11.5 Å². The Balaban J connectivity index is 1.84. The van der Waals surface area contributed by atoms with E-state index in [1.807, 2.05) is 13.8 Å². The number of aromatic hydroxyl groups is 2. The maximum absolute atomic E-state index is 14.6. The molecular formula is C55H77N12O18S2. The molecule has 2 fully saturated rings. The number of nitrogens with zero attached hydrogens (tertiary/aromatic N) is 1. The van der Waals surface area contributed by atoms with Crippen LogP contribution in [0, 0.1) is 18.4 Å². The number of amides is 11. The number of phenols is 2. The molecule has 0 saturated carbocycles. The second kappa shape index (κ2) is 34.2. The molecular weight excluding hydrogens is 1180 g/mol. The van der Waals surface area contributed by atoms with Gasteiger partial charge in [-0.3, -0.25) is 62.3 Å². The van der Waals surface area contributed by atoms with Gasteiger partial charge in [0.2, 0.25) is 65.0 Å². The minimum absolute atomic E-state index is 0.00541. The number of aliphatic hydroxyl groups is 1. The fourth-order valence-electron chi connectivity index (χ4n) is 9.09. The molecule has 87 heavy (non-hydrogen) atoms. The summed E-state index contributed by atoms with van der Waals surface area (Å²) in [6.45, 7) is 8.82. The van der Waals surface area contributed by atoms with E-state index in [4.69, 9.17) is 11.5 Å². The number of hydrogen-bond donors (Lipinski definition) is 16. The molecule has 0 bridgehead atoms. The van der Waals surface area contributed by atoms with Crippen molar-refractivity contribution >= 4 is 98.5 Å². The monoisotopic (exact) mass is 1260 g/mol. The van der Waals surface area contributed by atoms with Gasteiger partial charge in [-0.15, -0.1) is 0 Å². The summed E-state index contributed by atoms with van der Waals surface area (Å²) in [5.74, 6) is -16.5. The number of phenolic OH excluding ortho intramolecular Hbond substituents is 2. The van der Waals surface area contributed by atoms with Gasteiger partial charge in [0.05, 0.1) is 25.0 Å². The summed E-state index contributed by atoms with van der Waals surface area (Å²) in [6, 6.07) is -5.31. The van der Waals surface area contributed by atoms with Gasteiger partial charge in [-0.25, -0.2) is 0 Å². The van der Waals surface area contributed by atoms with Gasteiger partial charge in [0, 0.05) is 30.9 Å². The van der Waals surface area contributed by atoms with Crippen molar-refractivity contribution in [2.45, 2.75) is 153 Å². The van der Waals surface area contributed by atoms with Crippen molar-refractivity contribution < 1.29 is 87.9 Å². The molecule has 32 heteroatoms. The zero-order chi connectivity index (χ0) is 64.8. The highest BCUT2D eigenvalue weighted by Gasteiger charge is 2.40. The Kier molecular flexibility index (Phi) is 28.0. The number of benzene rings is 2. The predicted molar refractivity (Wildman–Crippen MR) is 313 cm³/mol. The van der Waals surface area contributed by atoms with Crippen LogP contribution in [0.15, 0.2) is 48.5 Å². The fourth-order valence-corrected chi connectivity index (χ4v) is 11.4. The minimum Gasteiger partial charge on any atom is -0.508 e. The van der Waals surface area contributed by atoms with Gasteiger partial charge in [0.1, 0.15) is 72.4 Å². The number of rotatable bonds is 21. The highest BCUT2D eigenvalue weighted by molar-refractivity contribution is 8.76. The average molecular weight is 1260 g/mol. The van der Waals surface area contributed by atoms with Crippen molar-refractivity contribution in [3.8, 4) is 11.5 Å². The summed E-state index contributed by atoms with van der Waals surface area (Å²) in [7, 11) is 1.56. The molecule has 0 aliphatic carbocycles. The van der Waals surface area contributed by atoms with E-state index >= 15 is 0 Å². The summed E-state index contributed by atoms with van der Waals surface area (Å²) >= 11 is 0. The van der Waals surface area contributed by atoms with E-state index in [1.165, 1.54) is 53.4 Å². The first kappa shape index (κ1) is 71.3. The lowest BCUT2D eigenvalue weighted by molar-refractivity contribution is -0.142. The van der Waals surface area contributed by atoms with Crippen LogP contribution >= 0.6 is 21.6 Å². The van der Waals surface area contributed by atoms with Crippen LogP contribution in [0.4, 0.5) is 0 Å². The van der Waals surface area contributed by atoms with E-state index in [1.54, 1.807) is 13.8 Å². The minimum atomic E-state index is -2.00. The summed E-state index contributed by atoms with van der Waals surface area (Å²) in [6.07, 6.45) is -3.84. The molecule has 1 radical (unpaired) electrons. The van der Waals surface area contributed by atoms with E-state index in [0.717, 1.165) is 28.5 Å². The van der Waals surface area contributed by atoms with Crippen molar-refractivity contribution in [3.63, 3.8) is 0 Å². The van der Waals surface area contributed by atoms with Crippen molar-refractivity contribution in [2.24, 2.45) is 23.3 Å². The zero-order valence-corrected chi connectivity index (χ0v) is 50.1. The van der Waals surface area contributed by atoms with Crippen LogP contribution < -0.4 is 59.3 Å². The van der Waals surface area contributed by atoms with E-state index < -0.39 is 168 Å². The van der Waals surface area contributed by atoms with Crippen molar-refractivity contribution in [3.05, 3.63) is 66.2 Å². The molecule has 18 N–H and O–H groups in total. The maximum atomic E-state index is 14.6. The molecule has 477 valence electrons. The van der Waals surface area contributed by atoms with Crippen molar-refractivity contribution in [1.82, 2.24) is 52.8 Å². The van der Waals surface area contributed by atoms with Crippen LogP contribution in [0.25, 0.3) is 0 Å². The molecule has 11 atom stereocenters. The number of primary amides is 1. The number of nitrogens with one attached hydrogen (secondary N) is 9. The van der Waals surface area contributed by atoms with Crippen molar-refractivity contribution in [2.75, 3.05) is 18.1 Å². The first-order valence-corrected chi connectivity index (χ1v) is 30.2. The third-order valence-electron chi connectivity index (χ3n) is 13.5. The normalized spacial score (nSPS) is 22.8. The van der Waals surface area contributed by atoms with E-state index in [-0.39, 0.29) is 62.0 Å². The Labute approximate surface area is 508 Å². The third-order valence-corrected chi connectivity index (χ3v) is 15.9. The summed E-state index contributed by atoms with van der Waals surface area (Å²) < 4.78 is 0. The lowest BCUT2D eigenvalue weighted by Crippen LogP contribution is -2.60. The Morgan fingerprint density at radius 3 is 1.72 bits per heavy atom. The molecule has 2 aliphatic rings. The smallest absolute Gasteiger partial charge is 0.305 e. The van der Waals surface area contributed by atoms with Gasteiger partial charge in [-0.2, -0.15) is 0 Å². The summed E-state index contributed by atoms with van der Waals surface area (Å²) in [5, 5.41) is 71.8. The maximum Gasteiger partial charge on any atom is 0.305 e. The molecule has 30 nitrogen and oxygen atoms in total. The molecule has 2 aromatic carbocycles. The van der Waals surface area contributed by atoms with Crippen LogP contribution in [-0.2, 0) is 75.2 Å². The van der Waals surface area contributed by atoms with E-state index in [0.29, 0.717) is 24.1 Å². The van der Waals surface area contributed by atoms with E-state index in [9.17, 15) is 87.9 Å². The van der Waals surface area contributed by atoms with Gasteiger partial charge >= 0.3 is 11.9 Å². The van der Waals surface area contributed by atoms with Crippen LogP contribution in [0.1, 0.15) is 84.3 Å². The van der Waals surface area contributed by atoms with Crippen LogP contribution in [-0.4, -0.2) is 192 Å². The number of carboxylic acid groups (broad SMARTS) is 2. The van der Waals surface area contributed by atoms with Crippen LogP contribution in [0.2, 0.25) is 0 Å². The molecule has 2 saturated heterocycles. The van der Waals surface area contributed by atoms with Gasteiger partial charge < -0.3 is 89.8 Å². The van der Waals surface area contributed by atoms with E-state index in [2.05, 4.69) is 47.9 Å². The number of carbonyl (C=O) groups is 13. The highest BCUT2D eigenvalue weighted by atomic mass is 33.1. The number of likely N-dealkylation sites (tertiary alicyclic amines) is 1. The Morgan fingerprint density at radius 2 is 1.20 bits per heavy atom. The molecule has 0 aromatic heterocycles. The number of carbonyl (C=O) groups excluding carboxylic acids is 11. The Hall–Kier alpha value is -8.23. The number of aliphatic carboxylic acids is 2. The molecule has 11 unspecified atom stereocenters. The standard InChI is InChI=1S/C55H77N12O18S2/c1-26(2)17-33(56)55(85)67-16-6-7-41(67)53(83)64-39-24-86-87-25-40(52(82)60-35(18-27(3)4)48(78)59-34(46(57)76)21-43(72)73)65-54(84)45(28(5)68)66-42(71)23-58-47(77)36(19-29-8-12-31(69)13-9-29)61-49(79)37(20-30-10-14-32(70)15-11-30)62-50(80)38(22-44(74)75)63-51(39)81/h8-15,23,26-28,33-41,45,68-70H,6-7,16-22,24-25,56H2,1-5H3,(H2,57,76)(H,58,77)(H,59,78)(H,60,82)(H,61,79)(H,62,80)(H,63,81)(H,64,83)(H,65,84)(H,66,71)(H,72,73)(H,74,75). The first-order valence-electron chi connectivity index (χ1n) is 27.8. The SMILES string of the molecule is CC(C)CC(N)C(=O)N1CCCC1C(=O)NC1CSSCC(C(=O)NC(CC(C)C)C(=O)NC(CC(=O)O)C(N)=O)NC(=O)C(C(C)O)NC(=O)[CH]NC(=O)C(Cc2ccc(O)cc2)NC(=O)C(Cc2ccc(O)cc2)NC(=O)C(CC(=O)O)NC1=O. The fraction of sp³-hybridized carbons (Fsp3) is 0.527. The largest absolute Gasteiger partial charge is 0.508 e. The average Bonchev–Trinajstić information content (AvgIpc) is 4.23. The molecule has 0 spiro atoms. The molecule has 2 aliphatic heterocycles. The quantitative estimate of drug-likeness (QED) is 0.0543. The van der Waals surface area contributed by atoms with Crippen LogP contribution in [0.3, 0.4) is 0 Å². The summed E-state index contributed by atoms with van der Waals surface area (Å²) in [5.41, 5.74) is 12.3. The van der Waals surface area contributed by atoms with Gasteiger partial charge in [-0.05, 0) is 79.8 Å². The highest BCUT2D eigenvalue weighted by Crippen LogP contribution is 2.26. The second-order valence-electron chi connectivity index (χ2n) is 21.8. The number of carboxylic acids is 2. The number of nitrogens with two attached hydrogens (primary N) is 2. The lowest BCUT2D eigenvalue weighted by atomic mass is 10.0. The molecule has 2 aromatic rings. The van der Waals surface area contributed by atoms with Gasteiger partial charge in [-0.1, -0.05) is 73.5 Å². The number of aliphatic hydroxyl groups excluding tert-OH is 1.